The third kappa shape index (κ3) is 2.29. The highest BCUT2D eigenvalue weighted by molar-refractivity contribution is 5.27. The summed E-state index contributed by atoms with van der Waals surface area (Å²) in [4.78, 5) is 0. The summed E-state index contributed by atoms with van der Waals surface area (Å²) >= 11 is 0. The van der Waals surface area contributed by atoms with Crippen LogP contribution in [-0.4, -0.2) is 22.9 Å². The molecule has 0 spiro atoms. The summed E-state index contributed by atoms with van der Waals surface area (Å²) in [6, 6.07) is 1.01. The van der Waals surface area contributed by atoms with Gasteiger partial charge in [-0.1, -0.05) is 0 Å². The van der Waals surface area contributed by atoms with E-state index in [0.717, 1.165) is 12.3 Å². The largest absolute Gasteiger partial charge is 0.317 e. The topological polar surface area (TPSA) is 29.9 Å². The van der Waals surface area contributed by atoms with Gasteiger partial charge < -0.3 is 5.32 Å². The first-order valence-electron chi connectivity index (χ1n) is 6.37. The Labute approximate surface area is 98.2 Å². The van der Waals surface area contributed by atoms with Crippen LogP contribution in [0.15, 0.2) is 6.20 Å². The minimum atomic E-state index is 0.481. The van der Waals surface area contributed by atoms with Crippen molar-refractivity contribution in [3.05, 3.63) is 17.5 Å². The van der Waals surface area contributed by atoms with Crippen molar-refractivity contribution in [3.63, 3.8) is 0 Å². The van der Waals surface area contributed by atoms with Gasteiger partial charge in [-0.15, -0.1) is 0 Å². The fraction of sp³-hybridized carbons (Fsp3) is 0.769. The van der Waals surface area contributed by atoms with Gasteiger partial charge in [-0.2, -0.15) is 5.10 Å². The number of hydrogen-bond donors (Lipinski definition) is 1. The molecule has 0 radical (unpaired) electrons. The molecule has 2 rings (SSSR count). The summed E-state index contributed by atoms with van der Waals surface area (Å²) in [7, 11) is 2.02. The molecule has 1 N–H and O–H groups in total. The van der Waals surface area contributed by atoms with Crippen LogP contribution in [0.4, 0.5) is 0 Å². The minimum absolute atomic E-state index is 0.481. The summed E-state index contributed by atoms with van der Waals surface area (Å²) in [6.45, 7) is 6.65. The van der Waals surface area contributed by atoms with Crippen molar-refractivity contribution >= 4 is 0 Å². The van der Waals surface area contributed by atoms with Crippen molar-refractivity contribution in [2.75, 3.05) is 7.05 Å². The highest BCUT2D eigenvalue weighted by atomic mass is 15.3. The highest BCUT2D eigenvalue weighted by Gasteiger charge is 2.30. The van der Waals surface area contributed by atoms with E-state index in [2.05, 4.69) is 42.1 Å². The maximum Gasteiger partial charge on any atom is 0.0525 e. The molecule has 0 bridgehead atoms. The van der Waals surface area contributed by atoms with Gasteiger partial charge in [0.2, 0.25) is 0 Å². The number of hydrogen-bond acceptors (Lipinski definition) is 2. The standard InChI is InChI=1S/C13H23N3/c1-9(2)16-13(11-5-6-11)12(8-15-16)7-10(3)14-4/h8-11,14H,5-7H2,1-4H3. The summed E-state index contributed by atoms with van der Waals surface area (Å²) in [5.41, 5.74) is 2.94. The lowest BCUT2D eigenvalue weighted by atomic mass is 10.1. The Morgan fingerprint density at radius 2 is 2.12 bits per heavy atom. The Balaban J connectivity index is 2.23. The number of rotatable bonds is 5. The summed E-state index contributed by atoms with van der Waals surface area (Å²) < 4.78 is 2.22. The molecule has 1 saturated carbocycles. The third-order valence-electron chi connectivity index (χ3n) is 3.39. The molecular weight excluding hydrogens is 198 g/mol. The number of likely N-dealkylation sites (N-methyl/N-ethyl adjacent to an activating group) is 1. The molecule has 1 heterocycles. The molecule has 3 heteroatoms. The first-order chi connectivity index (χ1) is 7.63. The Hall–Kier alpha value is -0.830. The van der Waals surface area contributed by atoms with Crippen molar-refractivity contribution in [1.82, 2.24) is 15.1 Å². The van der Waals surface area contributed by atoms with Crippen molar-refractivity contribution in [1.29, 1.82) is 0 Å². The molecule has 90 valence electrons. The van der Waals surface area contributed by atoms with Crippen LogP contribution in [0.25, 0.3) is 0 Å². The Bertz CT molecular complexity index is 350. The number of nitrogens with zero attached hydrogens (tertiary/aromatic N) is 2. The molecule has 0 amide bonds. The van der Waals surface area contributed by atoms with Gasteiger partial charge in [0.05, 0.1) is 6.20 Å². The van der Waals surface area contributed by atoms with Crippen LogP contribution in [0.1, 0.15) is 56.8 Å². The normalized spacial score (nSPS) is 18.1. The summed E-state index contributed by atoms with van der Waals surface area (Å²) in [5, 5.41) is 7.85. The average molecular weight is 221 g/mol. The molecule has 0 saturated heterocycles. The van der Waals surface area contributed by atoms with Gasteiger partial charge in [0.25, 0.3) is 0 Å². The zero-order chi connectivity index (χ0) is 11.7. The van der Waals surface area contributed by atoms with E-state index in [1.807, 2.05) is 7.05 Å². The van der Waals surface area contributed by atoms with Gasteiger partial charge >= 0.3 is 0 Å². The monoisotopic (exact) mass is 221 g/mol. The lowest BCUT2D eigenvalue weighted by molar-refractivity contribution is 0.507. The predicted octanol–water partition coefficient (Wildman–Crippen LogP) is 2.49. The molecule has 1 aliphatic rings. The average Bonchev–Trinajstić information content (AvgIpc) is 3.00. The van der Waals surface area contributed by atoms with Gasteiger partial charge in [0, 0.05) is 23.7 Å². The van der Waals surface area contributed by atoms with E-state index >= 15 is 0 Å². The van der Waals surface area contributed by atoms with Crippen LogP contribution in [0.2, 0.25) is 0 Å². The third-order valence-corrected chi connectivity index (χ3v) is 3.39. The summed E-state index contributed by atoms with van der Waals surface area (Å²) in [6.07, 6.45) is 5.86. The van der Waals surface area contributed by atoms with E-state index in [9.17, 15) is 0 Å². The molecular formula is C13H23N3. The molecule has 1 fully saturated rings. The zero-order valence-corrected chi connectivity index (χ0v) is 10.8. The molecule has 3 nitrogen and oxygen atoms in total. The lowest BCUT2D eigenvalue weighted by Gasteiger charge is -2.14. The van der Waals surface area contributed by atoms with E-state index in [0.29, 0.717) is 12.1 Å². The lowest BCUT2D eigenvalue weighted by Crippen LogP contribution is -2.24. The summed E-state index contributed by atoms with van der Waals surface area (Å²) in [5.74, 6) is 0.781. The van der Waals surface area contributed by atoms with E-state index in [4.69, 9.17) is 0 Å². The predicted molar refractivity (Wildman–Crippen MR) is 66.8 cm³/mol. The second-order valence-corrected chi connectivity index (χ2v) is 5.26. The van der Waals surface area contributed by atoms with Gasteiger partial charge in [-0.3, -0.25) is 4.68 Å². The molecule has 0 aromatic carbocycles. The van der Waals surface area contributed by atoms with E-state index in [-0.39, 0.29) is 0 Å². The van der Waals surface area contributed by atoms with Crippen LogP contribution < -0.4 is 5.32 Å². The second kappa shape index (κ2) is 4.58. The van der Waals surface area contributed by atoms with Gasteiger partial charge in [0.1, 0.15) is 0 Å². The van der Waals surface area contributed by atoms with E-state index < -0.39 is 0 Å². The van der Waals surface area contributed by atoms with Crippen molar-refractivity contribution in [3.8, 4) is 0 Å². The van der Waals surface area contributed by atoms with Crippen molar-refractivity contribution in [2.45, 2.75) is 58.0 Å². The van der Waals surface area contributed by atoms with Gasteiger partial charge in [0.15, 0.2) is 0 Å². The SMILES string of the molecule is CNC(C)Cc1cnn(C(C)C)c1C1CC1. The number of aromatic nitrogens is 2. The van der Waals surface area contributed by atoms with Crippen LogP contribution in [0.3, 0.4) is 0 Å². The smallest absolute Gasteiger partial charge is 0.0525 e. The second-order valence-electron chi connectivity index (χ2n) is 5.26. The Morgan fingerprint density at radius 3 is 2.62 bits per heavy atom. The maximum absolute atomic E-state index is 4.55. The maximum atomic E-state index is 4.55. The van der Waals surface area contributed by atoms with Gasteiger partial charge in [-0.05, 0) is 52.6 Å². The molecule has 0 aliphatic heterocycles. The van der Waals surface area contributed by atoms with Crippen LogP contribution in [0.5, 0.6) is 0 Å². The molecule has 1 aliphatic carbocycles. The first kappa shape index (κ1) is 11.6. The molecule has 1 unspecified atom stereocenters. The molecule has 1 aromatic heterocycles. The molecule has 1 aromatic rings. The first-order valence-corrected chi connectivity index (χ1v) is 6.37. The minimum Gasteiger partial charge on any atom is -0.317 e. The highest BCUT2D eigenvalue weighted by Crippen LogP contribution is 2.42. The van der Waals surface area contributed by atoms with Gasteiger partial charge in [-0.25, -0.2) is 0 Å². The van der Waals surface area contributed by atoms with Crippen LogP contribution >= 0.6 is 0 Å². The number of nitrogens with one attached hydrogen (secondary N) is 1. The van der Waals surface area contributed by atoms with Crippen LogP contribution in [-0.2, 0) is 6.42 Å². The Morgan fingerprint density at radius 1 is 1.44 bits per heavy atom. The van der Waals surface area contributed by atoms with E-state index in [1.54, 1.807) is 0 Å². The van der Waals surface area contributed by atoms with Crippen molar-refractivity contribution in [2.24, 2.45) is 0 Å². The quantitative estimate of drug-likeness (QED) is 0.828. The fourth-order valence-electron chi connectivity index (χ4n) is 2.21. The zero-order valence-electron chi connectivity index (χ0n) is 10.8. The van der Waals surface area contributed by atoms with Crippen LogP contribution in [0, 0.1) is 0 Å². The van der Waals surface area contributed by atoms with E-state index in [1.165, 1.54) is 24.1 Å². The fourth-order valence-corrected chi connectivity index (χ4v) is 2.21. The molecule has 1 atom stereocenters. The molecule has 16 heavy (non-hydrogen) atoms. The van der Waals surface area contributed by atoms with Crippen molar-refractivity contribution < 1.29 is 0 Å². The Kier molecular flexibility index (Phi) is 3.33.